The highest BCUT2D eigenvalue weighted by molar-refractivity contribution is 5.76. The lowest BCUT2D eigenvalue weighted by Crippen LogP contribution is -2.36. The third-order valence-corrected chi connectivity index (χ3v) is 5.19. The molecule has 7 heteroatoms. The van der Waals surface area contributed by atoms with Crippen LogP contribution in [0.15, 0.2) is 48.5 Å². The van der Waals surface area contributed by atoms with E-state index in [0.717, 1.165) is 28.8 Å². The molecule has 1 atom stereocenters. The first kappa shape index (κ1) is 21.0. The SMILES string of the molecule is COc1ccc(Cn2c(O[C@@H]3CCN(C(=O)OC(C)(C)C)C3)nc3ccccc32)cc1. The Labute approximate surface area is 182 Å². The molecule has 1 aromatic heterocycles. The van der Waals surface area contributed by atoms with Crippen molar-refractivity contribution in [1.29, 1.82) is 0 Å². The van der Waals surface area contributed by atoms with Crippen LogP contribution in [0.3, 0.4) is 0 Å². The quantitative estimate of drug-likeness (QED) is 0.605. The average molecular weight is 424 g/mol. The molecule has 1 aliphatic heterocycles. The number of likely N-dealkylation sites (tertiary alicyclic amines) is 1. The molecule has 1 saturated heterocycles. The number of nitrogens with zero attached hydrogens (tertiary/aromatic N) is 3. The van der Waals surface area contributed by atoms with E-state index in [4.69, 9.17) is 19.2 Å². The topological polar surface area (TPSA) is 65.8 Å². The molecule has 3 aromatic rings. The molecule has 0 unspecified atom stereocenters. The van der Waals surface area contributed by atoms with E-state index in [-0.39, 0.29) is 12.2 Å². The van der Waals surface area contributed by atoms with E-state index in [9.17, 15) is 4.79 Å². The number of hydrogen-bond donors (Lipinski definition) is 0. The second-order valence-corrected chi connectivity index (χ2v) is 8.77. The van der Waals surface area contributed by atoms with Gasteiger partial charge in [-0.2, -0.15) is 4.98 Å². The number of benzene rings is 2. The van der Waals surface area contributed by atoms with Gasteiger partial charge in [0.1, 0.15) is 17.5 Å². The molecule has 0 aliphatic carbocycles. The molecule has 164 valence electrons. The number of methoxy groups -OCH3 is 1. The summed E-state index contributed by atoms with van der Waals surface area (Å²) in [6.45, 7) is 7.34. The summed E-state index contributed by atoms with van der Waals surface area (Å²) in [6, 6.07) is 16.5. The van der Waals surface area contributed by atoms with Gasteiger partial charge in [-0.25, -0.2) is 4.79 Å². The van der Waals surface area contributed by atoms with Gasteiger partial charge in [0.15, 0.2) is 0 Å². The van der Waals surface area contributed by atoms with Crippen molar-refractivity contribution >= 4 is 17.1 Å². The van der Waals surface area contributed by atoms with Crippen LogP contribution in [-0.4, -0.2) is 52.4 Å². The number of carbonyl (C=O) groups excluding carboxylic acids is 1. The van der Waals surface area contributed by atoms with E-state index in [1.54, 1.807) is 12.0 Å². The zero-order valence-corrected chi connectivity index (χ0v) is 18.5. The van der Waals surface area contributed by atoms with Crippen molar-refractivity contribution in [1.82, 2.24) is 14.5 Å². The van der Waals surface area contributed by atoms with Crippen LogP contribution in [0.2, 0.25) is 0 Å². The van der Waals surface area contributed by atoms with Crippen LogP contribution in [0, 0.1) is 0 Å². The Bertz CT molecular complexity index is 1050. The first-order chi connectivity index (χ1) is 14.8. The summed E-state index contributed by atoms with van der Waals surface area (Å²) in [7, 11) is 1.66. The van der Waals surface area contributed by atoms with Gasteiger partial charge >= 0.3 is 6.09 Å². The lowest BCUT2D eigenvalue weighted by Gasteiger charge is -2.24. The van der Waals surface area contributed by atoms with E-state index in [1.807, 2.05) is 69.3 Å². The normalized spacial score (nSPS) is 16.5. The average Bonchev–Trinajstić information content (AvgIpc) is 3.33. The van der Waals surface area contributed by atoms with Gasteiger partial charge in [0, 0.05) is 13.0 Å². The van der Waals surface area contributed by atoms with Crippen LogP contribution in [0.5, 0.6) is 11.8 Å². The van der Waals surface area contributed by atoms with Crippen molar-refractivity contribution in [2.75, 3.05) is 20.2 Å². The van der Waals surface area contributed by atoms with Crippen molar-refractivity contribution < 1.29 is 19.0 Å². The summed E-state index contributed by atoms with van der Waals surface area (Å²) in [5.74, 6) is 0.823. The molecule has 1 aliphatic rings. The minimum absolute atomic E-state index is 0.126. The lowest BCUT2D eigenvalue weighted by atomic mass is 10.2. The molecule has 0 N–H and O–H groups in total. The fourth-order valence-electron chi connectivity index (χ4n) is 3.68. The third kappa shape index (κ3) is 4.93. The maximum absolute atomic E-state index is 12.4. The highest BCUT2D eigenvalue weighted by atomic mass is 16.6. The van der Waals surface area contributed by atoms with E-state index in [1.165, 1.54) is 0 Å². The molecule has 2 heterocycles. The molecule has 0 radical (unpaired) electrons. The minimum atomic E-state index is -0.512. The Hall–Kier alpha value is -3.22. The van der Waals surface area contributed by atoms with Crippen LogP contribution < -0.4 is 9.47 Å². The molecular formula is C24H29N3O4. The second kappa shape index (κ2) is 8.49. The number of rotatable bonds is 5. The van der Waals surface area contributed by atoms with Crippen molar-refractivity contribution in [3.05, 3.63) is 54.1 Å². The number of hydrogen-bond acceptors (Lipinski definition) is 5. The van der Waals surface area contributed by atoms with Gasteiger partial charge in [-0.1, -0.05) is 24.3 Å². The Morgan fingerprint density at radius 3 is 2.58 bits per heavy atom. The van der Waals surface area contributed by atoms with Crippen molar-refractivity contribution in [2.24, 2.45) is 0 Å². The summed E-state index contributed by atoms with van der Waals surface area (Å²) in [5, 5.41) is 0. The molecule has 2 aromatic carbocycles. The summed E-state index contributed by atoms with van der Waals surface area (Å²) < 4.78 is 19.1. The van der Waals surface area contributed by atoms with Gasteiger partial charge in [0.05, 0.1) is 31.2 Å². The number of ether oxygens (including phenoxy) is 3. The molecular weight excluding hydrogens is 394 g/mol. The van der Waals surface area contributed by atoms with Gasteiger partial charge < -0.3 is 19.1 Å². The minimum Gasteiger partial charge on any atom is -0.497 e. The predicted molar refractivity (Wildman–Crippen MR) is 119 cm³/mol. The number of amides is 1. The maximum atomic E-state index is 12.4. The van der Waals surface area contributed by atoms with Gasteiger partial charge in [-0.15, -0.1) is 0 Å². The maximum Gasteiger partial charge on any atom is 0.410 e. The Morgan fingerprint density at radius 2 is 1.87 bits per heavy atom. The fourth-order valence-corrected chi connectivity index (χ4v) is 3.68. The first-order valence-electron chi connectivity index (χ1n) is 10.6. The van der Waals surface area contributed by atoms with Gasteiger partial charge in [-0.05, 0) is 50.6 Å². The number of para-hydroxylation sites is 2. The van der Waals surface area contributed by atoms with Crippen molar-refractivity contribution in [2.45, 2.75) is 45.4 Å². The summed E-state index contributed by atoms with van der Waals surface area (Å²) in [6.07, 6.45) is 0.314. The molecule has 0 saturated carbocycles. The van der Waals surface area contributed by atoms with Crippen molar-refractivity contribution in [3.8, 4) is 11.8 Å². The number of fused-ring (bicyclic) bond motifs is 1. The molecule has 0 spiro atoms. The highest BCUT2D eigenvalue weighted by Crippen LogP contribution is 2.26. The summed E-state index contributed by atoms with van der Waals surface area (Å²) in [5.41, 5.74) is 2.50. The Kier molecular flexibility index (Phi) is 5.76. The monoisotopic (exact) mass is 423 g/mol. The molecule has 4 rings (SSSR count). The van der Waals surface area contributed by atoms with Crippen molar-refractivity contribution in [3.63, 3.8) is 0 Å². The number of carbonyl (C=O) groups is 1. The second-order valence-electron chi connectivity index (χ2n) is 8.77. The predicted octanol–water partition coefficient (Wildman–Crippen LogP) is 4.48. The zero-order valence-electron chi connectivity index (χ0n) is 18.5. The van der Waals surface area contributed by atoms with E-state index >= 15 is 0 Å². The molecule has 1 amide bonds. The summed E-state index contributed by atoms with van der Waals surface area (Å²) in [4.78, 5) is 18.8. The summed E-state index contributed by atoms with van der Waals surface area (Å²) >= 11 is 0. The van der Waals surface area contributed by atoms with Crippen LogP contribution in [0.4, 0.5) is 4.79 Å². The van der Waals surface area contributed by atoms with Gasteiger partial charge in [0.2, 0.25) is 0 Å². The van der Waals surface area contributed by atoms with Crippen LogP contribution >= 0.6 is 0 Å². The van der Waals surface area contributed by atoms with Crippen LogP contribution in [0.25, 0.3) is 11.0 Å². The van der Waals surface area contributed by atoms with E-state index in [0.29, 0.717) is 25.6 Å². The molecule has 1 fully saturated rings. The lowest BCUT2D eigenvalue weighted by molar-refractivity contribution is 0.0273. The fraction of sp³-hybridized carbons (Fsp3) is 0.417. The number of aromatic nitrogens is 2. The molecule has 7 nitrogen and oxygen atoms in total. The Morgan fingerprint density at radius 1 is 1.13 bits per heavy atom. The van der Waals surface area contributed by atoms with Crippen LogP contribution in [-0.2, 0) is 11.3 Å². The molecule has 31 heavy (non-hydrogen) atoms. The third-order valence-electron chi connectivity index (χ3n) is 5.19. The number of imidazole rings is 1. The molecule has 0 bridgehead atoms. The standard InChI is InChI=1S/C24H29N3O4/c1-24(2,3)31-23(28)26-14-13-19(16-26)30-22-25-20-7-5-6-8-21(20)27(22)15-17-9-11-18(29-4)12-10-17/h5-12,19H,13-16H2,1-4H3/t19-/m1/s1. The highest BCUT2D eigenvalue weighted by Gasteiger charge is 2.32. The van der Waals surface area contributed by atoms with Crippen LogP contribution in [0.1, 0.15) is 32.8 Å². The van der Waals surface area contributed by atoms with E-state index < -0.39 is 5.60 Å². The largest absolute Gasteiger partial charge is 0.497 e. The van der Waals surface area contributed by atoms with Gasteiger partial charge in [0.25, 0.3) is 6.01 Å². The zero-order chi connectivity index (χ0) is 22.0. The first-order valence-corrected chi connectivity index (χ1v) is 10.6. The van der Waals surface area contributed by atoms with E-state index in [2.05, 4.69) is 4.57 Å². The van der Waals surface area contributed by atoms with Gasteiger partial charge in [-0.3, -0.25) is 4.57 Å². The Balaban J connectivity index is 1.52. The smallest absolute Gasteiger partial charge is 0.410 e.